The molecule has 1 heterocycles. The molecule has 32 heavy (non-hydrogen) atoms. The highest BCUT2D eigenvalue weighted by Crippen LogP contribution is 2.42. The molecule has 0 N–H and O–H groups in total. The van der Waals surface area contributed by atoms with E-state index in [1.54, 1.807) is 22.5 Å². The van der Waals surface area contributed by atoms with E-state index in [2.05, 4.69) is 0 Å². The Balaban J connectivity index is 1.49. The third kappa shape index (κ3) is 4.56. The van der Waals surface area contributed by atoms with Gasteiger partial charge in [0.25, 0.3) is 0 Å². The first kappa shape index (κ1) is 21.9. The molecule has 1 amide bonds. The number of hydrogen-bond donors (Lipinski definition) is 0. The first-order chi connectivity index (χ1) is 15.5. The number of nitrogens with zero attached hydrogens (tertiary/aromatic N) is 2. The van der Waals surface area contributed by atoms with E-state index in [0.717, 1.165) is 31.2 Å². The number of hydrogen-bond acceptors (Lipinski definition) is 3. The van der Waals surface area contributed by atoms with E-state index < -0.39 is 16.8 Å². The Morgan fingerprint density at radius 1 is 1.12 bits per heavy atom. The standard InChI is InChI=1S/C24H26ClFN2O3S/c25-18-9-7-17(8-10-18)23-14-31-15-24(29)28(23)22(16-5-6-16)13-27(32(30)19-11-12-19)21-4-2-1-3-20(21)26/h1-4,7-10,16,19,22-23H,5-6,11-15H2/t22?,23-,32?/m0/s1. The molecule has 1 saturated heterocycles. The van der Waals surface area contributed by atoms with Crippen LogP contribution in [-0.4, -0.2) is 46.1 Å². The lowest BCUT2D eigenvalue weighted by Crippen LogP contribution is -2.54. The van der Waals surface area contributed by atoms with Gasteiger partial charge in [0.2, 0.25) is 5.91 Å². The van der Waals surface area contributed by atoms with Crippen LogP contribution in [0.15, 0.2) is 48.5 Å². The van der Waals surface area contributed by atoms with Crippen LogP contribution in [0.4, 0.5) is 10.1 Å². The summed E-state index contributed by atoms with van der Waals surface area (Å²) in [5, 5.41) is 0.689. The number of amides is 1. The molecule has 0 bridgehead atoms. The van der Waals surface area contributed by atoms with Crippen LogP contribution in [0, 0.1) is 11.7 Å². The molecule has 170 valence electrons. The Labute approximate surface area is 195 Å². The Bertz CT molecular complexity index is 1010. The highest BCUT2D eigenvalue weighted by atomic mass is 35.5. The largest absolute Gasteiger partial charge is 0.369 e. The number of para-hydroxylation sites is 1. The number of rotatable bonds is 8. The molecule has 3 fully saturated rings. The number of morpholine rings is 1. The SMILES string of the molecule is O=C1COC[C@@H](c2ccc(Cl)cc2)N1C(CN(c1ccccc1F)S(=O)C1CC1)C1CC1. The zero-order valence-electron chi connectivity index (χ0n) is 17.7. The number of carbonyl (C=O) groups excluding carboxylic acids is 1. The summed E-state index contributed by atoms with van der Waals surface area (Å²) in [5.74, 6) is -0.172. The van der Waals surface area contributed by atoms with Gasteiger partial charge in [-0.05, 0) is 61.4 Å². The van der Waals surface area contributed by atoms with Crippen LogP contribution in [0.25, 0.3) is 0 Å². The van der Waals surface area contributed by atoms with Gasteiger partial charge >= 0.3 is 0 Å². The average Bonchev–Trinajstić information content (AvgIpc) is 3.70. The van der Waals surface area contributed by atoms with Gasteiger partial charge < -0.3 is 9.64 Å². The minimum absolute atomic E-state index is 0.0265. The molecule has 3 atom stereocenters. The normalized spacial score (nSPS) is 23.1. The summed E-state index contributed by atoms with van der Waals surface area (Å²) < 4.78 is 35.4. The van der Waals surface area contributed by atoms with E-state index in [4.69, 9.17) is 16.3 Å². The fraction of sp³-hybridized carbons (Fsp3) is 0.458. The maximum absolute atomic E-state index is 14.8. The molecule has 2 unspecified atom stereocenters. The van der Waals surface area contributed by atoms with Crippen molar-refractivity contribution >= 4 is 34.2 Å². The summed E-state index contributed by atoms with van der Waals surface area (Å²) >= 11 is 6.07. The second-order valence-electron chi connectivity index (χ2n) is 8.78. The molecule has 0 radical (unpaired) electrons. The van der Waals surface area contributed by atoms with Gasteiger partial charge in [0.05, 0.1) is 36.2 Å². The van der Waals surface area contributed by atoms with E-state index in [-0.39, 0.29) is 29.8 Å². The van der Waals surface area contributed by atoms with Crippen molar-refractivity contribution in [3.05, 3.63) is 64.9 Å². The minimum Gasteiger partial charge on any atom is -0.369 e. The summed E-state index contributed by atoms with van der Waals surface area (Å²) in [7, 11) is -1.34. The fourth-order valence-electron chi connectivity index (χ4n) is 4.43. The lowest BCUT2D eigenvalue weighted by atomic mass is 10.00. The van der Waals surface area contributed by atoms with Gasteiger partial charge in [0, 0.05) is 5.02 Å². The molecule has 2 aliphatic carbocycles. The Morgan fingerprint density at radius 3 is 2.50 bits per heavy atom. The first-order valence-electron chi connectivity index (χ1n) is 11.1. The van der Waals surface area contributed by atoms with Crippen LogP contribution in [0.3, 0.4) is 0 Å². The summed E-state index contributed by atoms with van der Waals surface area (Å²) in [6.07, 6.45) is 3.78. The third-order valence-electron chi connectivity index (χ3n) is 6.40. The summed E-state index contributed by atoms with van der Waals surface area (Å²) in [4.78, 5) is 15.0. The zero-order valence-corrected chi connectivity index (χ0v) is 19.2. The second kappa shape index (κ2) is 9.12. The minimum atomic E-state index is -1.34. The molecule has 5 rings (SSSR count). The van der Waals surface area contributed by atoms with Gasteiger partial charge in [-0.15, -0.1) is 0 Å². The fourth-order valence-corrected chi connectivity index (χ4v) is 6.10. The molecule has 0 spiro atoms. The van der Waals surface area contributed by atoms with Crippen LogP contribution in [0.1, 0.15) is 37.3 Å². The number of carbonyl (C=O) groups is 1. The van der Waals surface area contributed by atoms with Gasteiger partial charge in [-0.25, -0.2) is 8.60 Å². The maximum atomic E-state index is 14.8. The van der Waals surface area contributed by atoms with Crippen molar-refractivity contribution in [2.24, 2.45) is 5.92 Å². The zero-order chi connectivity index (χ0) is 22.2. The van der Waals surface area contributed by atoms with Crippen molar-refractivity contribution < 1.29 is 18.1 Å². The van der Waals surface area contributed by atoms with Crippen molar-refractivity contribution in [1.29, 1.82) is 0 Å². The highest BCUT2D eigenvalue weighted by molar-refractivity contribution is 7.87. The third-order valence-corrected chi connectivity index (χ3v) is 8.48. The molecule has 0 aromatic heterocycles. The monoisotopic (exact) mass is 476 g/mol. The van der Waals surface area contributed by atoms with Crippen molar-refractivity contribution in [3.8, 4) is 0 Å². The second-order valence-corrected chi connectivity index (χ2v) is 10.9. The van der Waals surface area contributed by atoms with Crippen LogP contribution < -0.4 is 4.31 Å². The lowest BCUT2D eigenvalue weighted by molar-refractivity contribution is -0.152. The molecule has 5 nitrogen and oxygen atoms in total. The molecular weight excluding hydrogens is 451 g/mol. The predicted molar refractivity (Wildman–Crippen MR) is 123 cm³/mol. The van der Waals surface area contributed by atoms with Crippen molar-refractivity contribution in [2.45, 2.75) is 43.0 Å². The van der Waals surface area contributed by atoms with E-state index >= 15 is 0 Å². The molecule has 3 aliphatic rings. The summed E-state index contributed by atoms with van der Waals surface area (Å²) in [6.45, 7) is 0.755. The Kier molecular flexibility index (Phi) is 6.23. The number of benzene rings is 2. The number of ether oxygens (including phenoxy) is 1. The Morgan fingerprint density at radius 2 is 1.84 bits per heavy atom. The van der Waals surface area contributed by atoms with E-state index in [9.17, 15) is 13.4 Å². The van der Waals surface area contributed by atoms with Gasteiger partial charge in [0.1, 0.15) is 23.4 Å². The lowest BCUT2D eigenvalue weighted by Gasteiger charge is -2.43. The molecule has 2 aromatic carbocycles. The van der Waals surface area contributed by atoms with Crippen LogP contribution >= 0.6 is 11.6 Å². The molecular formula is C24H26ClFN2O3S. The smallest absolute Gasteiger partial charge is 0.249 e. The van der Waals surface area contributed by atoms with Gasteiger partial charge in [-0.3, -0.25) is 9.10 Å². The molecule has 2 aromatic rings. The van der Waals surface area contributed by atoms with Crippen LogP contribution in [0.5, 0.6) is 0 Å². The number of anilines is 1. The van der Waals surface area contributed by atoms with E-state index in [0.29, 0.717) is 29.8 Å². The van der Waals surface area contributed by atoms with Crippen LogP contribution in [0.2, 0.25) is 5.02 Å². The quantitative estimate of drug-likeness (QED) is 0.564. The van der Waals surface area contributed by atoms with Crippen molar-refractivity contribution in [2.75, 3.05) is 24.1 Å². The topological polar surface area (TPSA) is 49.9 Å². The first-order valence-corrected chi connectivity index (χ1v) is 12.6. The maximum Gasteiger partial charge on any atom is 0.249 e. The van der Waals surface area contributed by atoms with Crippen molar-refractivity contribution in [1.82, 2.24) is 4.90 Å². The molecule has 8 heteroatoms. The van der Waals surface area contributed by atoms with Crippen molar-refractivity contribution in [3.63, 3.8) is 0 Å². The number of halogens is 2. The molecule has 2 saturated carbocycles. The van der Waals surface area contributed by atoms with Gasteiger partial charge in [0.15, 0.2) is 0 Å². The highest BCUT2D eigenvalue weighted by Gasteiger charge is 2.45. The predicted octanol–water partition coefficient (Wildman–Crippen LogP) is 4.49. The van der Waals surface area contributed by atoms with E-state index in [1.165, 1.54) is 6.07 Å². The van der Waals surface area contributed by atoms with E-state index in [1.807, 2.05) is 29.2 Å². The Hall–Kier alpha value is -1.96. The summed E-state index contributed by atoms with van der Waals surface area (Å²) in [5.41, 5.74) is 1.29. The van der Waals surface area contributed by atoms with Gasteiger partial charge in [-0.1, -0.05) is 35.9 Å². The summed E-state index contributed by atoms with van der Waals surface area (Å²) in [6, 6.07) is 13.5. The van der Waals surface area contributed by atoms with Crippen LogP contribution in [-0.2, 0) is 20.5 Å². The molecule has 1 aliphatic heterocycles. The van der Waals surface area contributed by atoms with Gasteiger partial charge in [-0.2, -0.15) is 0 Å². The average molecular weight is 477 g/mol.